The molecule has 2 rings (SSSR count). The van der Waals surface area contributed by atoms with E-state index < -0.39 is 0 Å². The molecule has 1 aliphatic rings. The minimum absolute atomic E-state index is 0.129. The van der Waals surface area contributed by atoms with Crippen LogP contribution in [0.4, 0.5) is 0 Å². The minimum Gasteiger partial charge on any atom is -0.378 e. The van der Waals surface area contributed by atoms with E-state index in [-0.39, 0.29) is 5.91 Å². The number of morpholine rings is 1. The molecule has 0 bridgehead atoms. The molecule has 1 saturated heterocycles. The molecule has 0 unspecified atom stereocenters. The predicted octanol–water partition coefficient (Wildman–Crippen LogP) is 0.240. The highest BCUT2D eigenvalue weighted by atomic mass is 16.5. The third-order valence-electron chi connectivity index (χ3n) is 3.06. The fraction of sp³-hybridized carbons (Fsp3) is 0.692. The van der Waals surface area contributed by atoms with Gasteiger partial charge in [-0.25, -0.2) is 4.98 Å². The Bertz CT molecular complexity index is 411. The van der Waals surface area contributed by atoms with Gasteiger partial charge in [-0.2, -0.15) is 0 Å². The van der Waals surface area contributed by atoms with E-state index >= 15 is 0 Å². The number of carbonyl (C=O) groups is 1. The van der Waals surface area contributed by atoms with E-state index in [0.29, 0.717) is 38.9 Å². The Morgan fingerprint density at radius 2 is 2.21 bits per heavy atom. The lowest BCUT2D eigenvalue weighted by atomic mass is 10.3. The molecule has 6 heteroatoms. The number of hydrogen-bond acceptors (Lipinski definition) is 4. The fourth-order valence-corrected chi connectivity index (χ4v) is 1.96. The van der Waals surface area contributed by atoms with Crippen LogP contribution in [0.2, 0.25) is 0 Å². The number of carbonyl (C=O) groups excluding carboxylic acids is 1. The van der Waals surface area contributed by atoms with Crippen LogP contribution in [-0.4, -0.2) is 52.7 Å². The van der Waals surface area contributed by atoms with Crippen molar-refractivity contribution in [2.75, 3.05) is 26.3 Å². The Labute approximate surface area is 113 Å². The maximum absolute atomic E-state index is 12.0. The molecule has 106 valence electrons. The molecule has 1 aliphatic heterocycles. The minimum atomic E-state index is 0.129. The molecular weight excluding hydrogens is 244 g/mol. The van der Waals surface area contributed by atoms with Crippen molar-refractivity contribution < 1.29 is 9.53 Å². The molecule has 0 aliphatic carbocycles. The van der Waals surface area contributed by atoms with E-state index in [1.54, 1.807) is 6.33 Å². The van der Waals surface area contributed by atoms with Gasteiger partial charge in [0.1, 0.15) is 6.54 Å². The number of nitrogens with one attached hydrogen (secondary N) is 1. The molecule has 0 atom stereocenters. The van der Waals surface area contributed by atoms with Gasteiger partial charge in [0.15, 0.2) is 0 Å². The highest BCUT2D eigenvalue weighted by Gasteiger charge is 2.17. The van der Waals surface area contributed by atoms with Crippen LogP contribution in [-0.2, 0) is 22.6 Å². The van der Waals surface area contributed by atoms with Gasteiger partial charge in [-0.3, -0.25) is 4.79 Å². The maximum atomic E-state index is 12.0. The number of ether oxygens (including phenoxy) is 1. The zero-order valence-electron chi connectivity index (χ0n) is 11.6. The molecule has 0 aromatic carbocycles. The van der Waals surface area contributed by atoms with E-state index in [2.05, 4.69) is 24.1 Å². The van der Waals surface area contributed by atoms with Crippen molar-refractivity contribution in [1.82, 2.24) is 19.8 Å². The first-order valence-corrected chi connectivity index (χ1v) is 6.74. The number of amides is 1. The summed E-state index contributed by atoms with van der Waals surface area (Å²) < 4.78 is 7.08. The molecule has 0 saturated carbocycles. The molecular formula is C13H22N4O2. The van der Waals surface area contributed by atoms with E-state index in [1.807, 2.05) is 15.7 Å². The number of nitrogens with zero attached hydrogens (tertiary/aromatic N) is 3. The average Bonchev–Trinajstić information content (AvgIpc) is 2.85. The summed E-state index contributed by atoms with van der Waals surface area (Å²) in [5.41, 5.74) is 0.962. The largest absolute Gasteiger partial charge is 0.378 e. The smallest absolute Gasteiger partial charge is 0.242 e. The van der Waals surface area contributed by atoms with Gasteiger partial charge >= 0.3 is 0 Å². The predicted molar refractivity (Wildman–Crippen MR) is 71.6 cm³/mol. The lowest BCUT2D eigenvalue weighted by Crippen LogP contribution is -2.42. The fourth-order valence-electron chi connectivity index (χ4n) is 1.96. The second kappa shape index (κ2) is 6.68. The van der Waals surface area contributed by atoms with Crippen molar-refractivity contribution in [2.24, 2.45) is 0 Å². The van der Waals surface area contributed by atoms with Gasteiger partial charge in [0.25, 0.3) is 0 Å². The van der Waals surface area contributed by atoms with Crippen LogP contribution in [0.25, 0.3) is 0 Å². The quantitative estimate of drug-likeness (QED) is 0.829. The Kier molecular flexibility index (Phi) is 4.93. The number of imidazole rings is 1. The van der Waals surface area contributed by atoms with Gasteiger partial charge in [-0.05, 0) is 0 Å². The average molecular weight is 266 g/mol. The topological polar surface area (TPSA) is 59.4 Å². The van der Waals surface area contributed by atoms with Crippen LogP contribution < -0.4 is 5.32 Å². The van der Waals surface area contributed by atoms with E-state index in [9.17, 15) is 4.79 Å². The summed E-state index contributed by atoms with van der Waals surface area (Å²) >= 11 is 0. The van der Waals surface area contributed by atoms with Gasteiger partial charge < -0.3 is 19.5 Å². The summed E-state index contributed by atoms with van der Waals surface area (Å²) in [7, 11) is 0. The van der Waals surface area contributed by atoms with E-state index in [4.69, 9.17) is 4.74 Å². The van der Waals surface area contributed by atoms with Crippen LogP contribution in [0.3, 0.4) is 0 Å². The molecule has 6 nitrogen and oxygen atoms in total. The summed E-state index contributed by atoms with van der Waals surface area (Å²) in [5.74, 6) is 0.129. The summed E-state index contributed by atoms with van der Waals surface area (Å²) in [6, 6.07) is 0.431. The Morgan fingerprint density at radius 3 is 2.89 bits per heavy atom. The van der Waals surface area contributed by atoms with Crippen molar-refractivity contribution in [3.05, 3.63) is 18.2 Å². The van der Waals surface area contributed by atoms with Crippen LogP contribution in [0.15, 0.2) is 12.5 Å². The highest BCUT2D eigenvalue weighted by molar-refractivity contribution is 5.76. The van der Waals surface area contributed by atoms with Crippen LogP contribution >= 0.6 is 0 Å². The van der Waals surface area contributed by atoms with Gasteiger partial charge in [0, 0.05) is 31.9 Å². The number of aromatic nitrogens is 2. The zero-order chi connectivity index (χ0) is 13.7. The molecule has 0 radical (unpaired) electrons. The van der Waals surface area contributed by atoms with Crippen molar-refractivity contribution in [3.8, 4) is 0 Å². The Hall–Kier alpha value is -1.40. The standard InChI is InChI=1S/C13H22N4O2/c1-11(2)14-7-12-8-16(10-15-12)9-13(18)17-3-5-19-6-4-17/h8,10-11,14H,3-7,9H2,1-2H3. The first-order chi connectivity index (χ1) is 9.15. The first kappa shape index (κ1) is 14.0. The van der Waals surface area contributed by atoms with Gasteiger partial charge in [-0.1, -0.05) is 13.8 Å². The molecule has 1 aromatic heterocycles. The summed E-state index contributed by atoms with van der Waals surface area (Å²) in [4.78, 5) is 18.2. The van der Waals surface area contributed by atoms with E-state index in [0.717, 1.165) is 12.2 Å². The molecule has 1 fully saturated rings. The first-order valence-electron chi connectivity index (χ1n) is 6.74. The molecule has 1 aromatic rings. The van der Waals surface area contributed by atoms with Crippen LogP contribution in [0, 0.1) is 0 Å². The maximum Gasteiger partial charge on any atom is 0.242 e. The Morgan fingerprint density at radius 1 is 1.47 bits per heavy atom. The van der Waals surface area contributed by atoms with Gasteiger partial charge in [-0.15, -0.1) is 0 Å². The second-order valence-corrected chi connectivity index (χ2v) is 5.07. The lowest BCUT2D eigenvalue weighted by Gasteiger charge is -2.26. The molecule has 1 amide bonds. The number of rotatable bonds is 5. The van der Waals surface area contributed by atoms with Crippen molar-refractivity contribution >= 4 is 5.91 Å². The zero-order valence-corrected chi connectivity index (χ0v) is 11.6. The molecule has 2 heterocycles. The normalized spacial score (nSPS) is 16.1. The summed E-state index contributed by atoms with van der Waals surface area (Å²) in [5, 5.41) is 3.30. The van der Waals surface area contributed by atoms with Crippen molar-refractivity contribution in [1.29, 1.82) is 0 Å². The van der Waals surface area contributed by atoms with Gasteiger partial charge in [0.2, 0.25) is 5.91 Å². The third-order valence-corrected chi connectivity index (χ3v) is 3.06. The van der Waals surface area contributed by atoms with Crippen LogP contribution in [0.1, 0.15) is 19.5 Å². The summed E-state index contributed by atoms with van der Waals surface area (Å²) in [6.07, 6.45) is 3.64. The second-order valence-electron chi connectivity index (χ2n) is 5.07. The Balaban J connectivity index is 1.83. The van der Waals surface area contributed by atoms with Gasteiger partial charge in [0.05, 0.1) is 25.2 Å². The molecule has 19 heavy (non-hydrogen) atoms. The third kappa shape index (κ3) is 4.33. The van der Waals surface area contributed by atoms with Crippen molar-refractivity contribution in [3.63, 3.8) is 0 Å². The highest BCUT2D eigenvalue weighted by Crippen LogP contribution is 2.02. The number of hydrogen-bond donors (Lipinski definition) is 1. The summed E-state index contributed by atoms with van der Waals surface area (Å²) in [6.45, 7) is 7.94. The van der Waals surface area contributed by atoms with Crippen LogP contribution in [0.5, 0.6) is 0 Å². The lowest BCUT2D eigenvalue weighted by molar-refractivity contribution is -0.135. The van der Waals surface area contributed by atoms with E-state index in [1.165, 1.54) is 0 Å². The SMILES string of the molecule is CC(C)NCc1cn(CC(=O)N2CCOCC2)cn1. The van der Waals surface area contributed by atoms with Crippen molar-refractivity contribution in [2.45, 2.75) is 33.0 Å². The monoisotopic (exact) mass is 266 g/mol. The molecule has 0 spiro atoms. The molecule has 1 N–H and O–H groups in total.